The molecule has 0 atom stereocenters. The van der Waals surface area contributed by atoms with E-state index in [0.717, 1.165) is 5.56 Å². The summed E-state index contributed by atoms with van der Waals surface area (Å²) in [6, 6.07) is 9.35. The Bertz CT molecular complexity index is 1080. The highest BCUT2D eigenvalue weighted by Gasteiger charge is 2.25. The molecule has 140 valence electrons. The third-order valence-corrected chi connectivity index (χ3v) is 5.52. The maximum Gasteiger partial charge on any atom is 0.261 e. The SMILES string of the molecule is COc1cc(NS(=O)(=O)c2ccc3c(c2)-c2oncc2CO3)cc(OC)c1. The lowest BCUT2D eigenvalue weighted by atomic mass is 10.1. The summed E-state index contributed by atoms with van der Waals surface area (Å²) in [4.78, 5) is 0.0656. The fraction of sp³-hybridized carbons (Fsp3) is 0.167. The van der Waals surface area contributed by atoms with Crippen LogP contribution in [0, 0.1) is 0 Å². The maximum absolute atomic E-state index is 12.9. The van der Waals surface area contributed by atoms with E-state index in [1.807, 2.05) is 0 Å². The van der Waals surface area contributed by atoms with Gasteiger partial charge in [0.1, 0.15) is 23.9 Å². The molecule has 1 aliphatic heterocycles. The fourth-order valence-electron chi connectivity index (χ4n) is 2.80. The average Bonchev–Trinajstić information content (AvgIpc) is 3.16. The van der Waals surface area contributed by atoms with Crippen molar-refractivity contribution < 1.29 is 27.2 Å². The zero-order chi connectivity index (χ0) is 19.0. The average molecular weight is 388 g/mol. The highest BCUT2D eigenvalue weighted by molar-refractivity contribution is 7.92. The van der Waals surface area contributed by atoms with Gasteiger partial charge in [0.2, 0.25) is 0 Å². The number of ether oxygens (including phenoxy) is 3. The number of anilines is 1. The number of nitrogens with zero attached hydrogens (tertiary/aromatic N) is 1. The molecule has 0 radical (unpaired) electrons. The number of methoxy groups -OCH3 is 2. The molecule has 1 N–H and O–H groups in total. The molecule has 2 heterocycles. The number of fused-ring (bicyclic) bond motifs is 3. The molecule has 0 spiro atoms. The molecule has 0 bridgehead atoms. The first-order chi connectivity index (χ1) is 13.0. The van der Waals surface area contributed by atoms with Crippen LogP contribution in [0.4, 0.5) is 5.69 Å². The van der Waals surface area contributed by atoms with Gasteiger partial charge in [-0.15, -0.1) is 0 Å². The Kier molecular flexibility index (Phi) is 4.15. The maximum atomic E-state index is 12.9. The molecule has 3 aromatic rings. The van der Waals surface area contributed by atoms with Gasteiger partial charge in [0.15, 0.2) is 5.76 Å². The summed E-state index contributed by atoms with van der Waals surface area (Å²) >= 11 is 0. The van der Waals surface area contributed by atoms with Gasteiger partial charge in [-0.05, 0) is 18.2 Å². The minimum Gasteiger partial charge on any atom is -0.497 e. The van der Waals surface area contributed by atoms with E-state index in [-0.39, 0.29) is 4.90 Å². The van der Waals surface area contributed by atoms with Crippen molar-refractivity contribution in [3.8, 4) is 28.6 Å². The summed E-state index contributed by atoms with van der Waals surface area (Å²) in [6.07, 6.45) is 1.56. The Morgan fingerprint density at radius 1 is 1.07 bits per heavy atom. The number of hydrogen-bond donors (Lipinski definition) is 1. The first kappa shape index (κ1) is 17.2. The zero-order valence-electron chi connectivity index (χ0n) is 14.6. The van der Waals surface area contributed by atoms with E-state index in [1.54, 1.807) is 30.5 Å². The van der Waals surface area contributed by atoms with Crippen LogP contribution in [0.3, 0.4) is 0 Å². The molecule has 0 saturated heterocycles. The molecule has 0 saturated carbocycles. The van der Waals surface area contributed by atoms with Gasteiger partial charge >= 0.3 is 0 Å². The Hall–Kier alpha value is -3.20. The minimum absolute atomic E-state index is 0.0656. The highest BCUT2D eigenvalue weighted by atomic mass is 32.2. The lowest BCUT2D eigenvalue weighted by molar-refractivity contribution is 0.297. The van der Waals surface area contributed by atoms with Crippen molar-refractivity contribution in [2.75, 3.05) is 18.9 Å². The Morgan fingerprint density at radius 2 is 1.81 bits per heavy atom. The van der Waals surface area contributed by atoms with E-state index in [4.69, 9.17) is 18.7 Å². The Balaban J connectivity index is 1.71. The van der Waals surface area contributed by atoms with Crippen molar-refractivity contribution in [1.29, 1.82) is 0 Å². The van der Waals surface area contributed by atoms with Crippen molar-refractivity contribution in [1.82, 2.24) is 5.16 Å². The van der Waals surface area contributed by atoms with Gasteiger partial charge in [-0.25, -0.2) is 8.42 Å². The molecule has 9 heteroatoms. The number of aromatic nitrogens is 1. The second-order valence-electron chi connectivity index (χ2n) is 5.83. The van der Waals surface area contributed by atoms with Crippen LogP contribution < -0.4 is 18.9 Å². The highest BCUT2D eigenvalue weighted by Crippen LogP contribution is 2.39. The largest absolute Gasteiger partial charge is 0.497 e. The molecule has 0 amide bonds. The van der Waals surface area contributed by atoms with Crippen molar-refractivity contribution >= 4 is 15.7 Å². The van der Waals surface area contributed by atoms with Crippen molar-refractivity contribution in [2.24, 2.45) is 0 Å². The smallest absolute Gasteiger partial charge is 0.261 e. The zero-order valence-corrected chi connectivity index (χ0v) is 15.4. The minimum atomic E-state index is -3.86. The summed E-state index contributed by atoms with van der Waals surface area (Å²) in [5.41, 5.74) is 1.63. The number of nitrogens with one attached hydrogen (secondary N) is 1. The lowest BCUT2D eigenvalue weighted by Crippen LogP contribution is -2.14. The summed E-state index contributed by atoms with van der Waals surface area (Å²) in [7, 11) is -0.878. The van der Waals surface area contributed by atoms with Crippen LogP contribution in [-0.2, 0) is 16.6 Å². The molecule has 8 nitrogen and oxygen atoms in total. The number of rotatable bonds is 5. The van der Waals surface area contributed by atoms with Crippen LogP contribution in [0.5, 0.6) is 17.2 Å². The molecule has 1 aliphatic rings. The van der Waals surface area contributed by atoms with Gasteiger partial charge in [0.25, 0.3) is 10.0 Å². The van der Waals surface area contributed by atoms with Gasteiger partial charge in [-0.2, -0.15) is 0 Å². The molecule has 0 aliphatic carbocycles. The van der Waals surface area contributed by atoms with Crippen molar-refractivity contribution in [3.05, 3.63) is 48.2 Å². The normalized spacial score (nSPS) is 12.5. The van der Waals surface area contributed by atoms with Gasteiger partial charge in [0, 0.05) is 18.2 Å². The first-order valence-corrected chi connectivity index (χ1v) is 9.45. The van der Waals surface area contributed by atoms with Gasteiger partial charge in [-0.3, -0.25) is 4.72 Å². The predicted molar refractivity (Wildman–Crippen MR) is 96.6 cm³/mol. The van der Waals surface area contributed by atoms with E-state index < -0.39 is 10.0 Å². The quantitative estimate of drug-likeness (QED) is 0.717. The van der Waals surface area contributed by atoms with Crippen LogP contribution in [0.25, 0.3) is 11.3 Å². The van der Waals surface area contributed by atoms with Gasteiger partial charge < -0.3 is 18.7 Å². The van der Waals surface area contributed by atoms with Crippen LogP contribution in [0.1, 0.15) is 5.56 Å². The topological polar surface area (TPSA) is 99.9 Å². The standard InChI is InChI=1S/C18H16N2O6S/c1-23-13-5-12(6-14(7-13)24-2)20-27(21,22)15-3-4-17-16(8-15)18-11(10-25-17)9-19-26-18/h3-9,20H,10H2,1-2H3. The lowest BCUT2D eigenvalue weighted by Gasteiger charge is -2.17. The molecule has 2 aromatic carbocycles. The first-order valence-electron chi connectivity index (χ1n) is 7.97. The van der Waals surface area contributed by atoms with Gasteiger partial charge in [0.05, 0.1) is 42.1 Å². The molecule has 0 fully saturated rings. The summed E-state index contributed by atoms with van der Waals surface area (Å²) in [5.74, 6) is 1.99. The molecule has 1 aromatic heterocycles. The van der Waals surface area contributed by atoms with Gasteiger partial charge in [-0.1, -0.05) is 5.16 Å². The van der Waals surface area contributed by atoms with Crippen molar-refractivity contribution in [3.63, 3.8) is 0 Å². The molecular formula is C18H16N2O6S. The second-order valence-corrected chi connectivity index (χ2v) is 7.52. The third-order valence-electron chi connectivity index (χ3n) is 4.14. The predicted octanol–water partition coefficient (Wildman–Crippen LogP) is 3.05. The van der Waals surface area contributed by atoms with Crippen LogP contribution >= 0.6 is 0 Å². The van der Waals surface area contributed by atoms with E-state index >= 15 is 0 Å². The number of sulfonamides is 1. The molecule has 4 rings (SSSR count). The summed E-state index contributed by atoms with van der Waals surface area (Å²) in [5, 5.41) is 3.75. The Morgan fingerprint density at radius 3 is 2.52 bits per heavy atom. The number of benzene rings is 2. The fourth-order valence-corrected chi connectivity index (χ4v) is 3.87. The molecular weight excluding hydrogens is 372 g/mol. The van der Waals surface area contributed by atoms with E-state index in [2.05, 4.69) is 9.88 Å². The summed E-state index contributed by atoms with van der Waals surface area (Å²) < 4.78 is 49.4. The van der Waals surface area contributed by atoms with Crippen molar-refractivity contribution in [2.45, 2.75) is 11.5 Å². The summed E-state index contributed by atoms with van der Waals surface area (Å²) in [6.45, 7) is 0.333. The monoisotopic (exact) mass is 388 g/mol. The Labute approximate surface area is 155 Å². The number of hydrogen-bond acceptors (Lipinski definition) is 7. The molecule has 27 heavy (non-hydrogen) atoms. The molecule has 0 unspecified atom stereocenters. The third kappa shape index (κ3) is 3.17. The second kappa shape index (κ2) is 6.51. The van der Waals surface area contributed by atoms with E-state index in [0.29, 0.717) is 40.9 Å². The van der Waals surface area contributed by atoms with Crippen LogP contribution in [-0.4, -0.2) is 27.8 Å². The van der Waals surface area contributed by atoms with Crippen LogP contribution in [0.2, 0.25) is 0 Å². The van der Waals surface area contributed by atoms with E-state index in [1.165, 1.54) is 26.4 Å². The van der Waals surface area contributed by atoms with E-state index in [9.17, 15) is 8.42 Å². The van der Waals surface area contributed by atoms with Crippen LogP contribution in [0.15, 0.2) is 52.0 Å².